The van der Waals surface area contributed by atoms with E-state index >= 15 is 0 Å². The fourth-order valence-corrected chi connectivity index (χ4v) is 3.23. The van der Waals surface area contributed by atoms with E-state index in [-0.39, 0.29) is 0 Å². The first-order valence-electron chi connectivity index (χ1n) is 7.42. The SMILES string of the molecule is COc1ccc2[nH]cc(C(CN)N3CCCCC3)c2c1. The van der Waals surface area contributed by atoms with Gasteiger partial charge in [0.2, 0.25) is 0 Å². The molecule has 1 aliphatic heterocycles. The van der Waals surface area contributed by atoms with E-state index in [4.69, 9.17) is 10.5 Å². The minimum atomic E-state index is 0.302. The largest absolute Gasteiger partial charge is 0.497 e. The van der Waals surface area contributed by atoms with Gasteiger partial charge in [0, 0.05) is 29.7 Å². The van der Waals surface area contributed by atoms with Crippen LogP contribution in [0.3, 0.4) is 0 Å². The molecule has 3 N–H and O–H groups in total. The van der Waals surface area contributed by atoms with Crippen molar-refractivity contribution in [3.8, 4) is 5.75 Å². The first kappa shape index (κ1) is 13.5. The molecule has 0 amide bonds. The van der Waals surface area contributed by atoms with E-state index in [0.29, 0.717) is 12.6 Å². The van der Waals surface area contributed by atoms with E-state index in [2.05, 4.69) is 28.2 Å². The van der Waals surface area contributed by atoms with Gasteiger partial charge in [-0.2, -0.15) is 0 Å². The number of hydrogen-bond acceptors (Lipinski definition) is 3. The van der Waals surface area contributed by atoms with Crippen molar-refractivity contribution >= 4 is 10.9 Å². The first-order valence-corrected chi connectivity index (χ1v) is 7.42. The van der Waals surface area contributed by atoms with Gasteiger partial charge in [-0.1, -0.05) is 6.42 Å². The number of piperidine rings is 1. The number of benzene rings is 1. The second-order valence-electron chi connectivity index (χ2n) is 5.50. The van der Waals surface area contributed by atoms with Gasteiger partial charge in [0.05, 0.1) is 7.11 Å². The third kappa shape index (κ3) is 2.41. The average molecular weight is 273 g/mol. The number of rotatable bonds is 4. The molecule has 0 bridgehead atoms. The van der Waals surface area contributed by atoms with Crippen LogP contribution in [-0.2, 0) is 0 Å². The zero-order chi connectivity index (χ0) is 13.9. The van der Waals surface area contributed by atoms with Crippen LogP contribution in [-0.4, -0.2) is 36.6 Å². The smallest absolute Gasteiger partial charge is 0.119 e. The number of ether oxygens (including phenoxy) is 1. The molecule has 108 valence electrons. The number of methoxy groups -OCH3 is 1. The molecule has 0 saturated carbocycles. The van der Waals surface area contributed by atoms with Crippen molar-refractivity contribution in [3.05, 3.63) is 30.0 Å². The molecule has 2 heterocycles. The molecule has 0 spiro atoms. The van der Waals surface area contributed by atoms with Crippen LogP contribution >= 0.6 is 0 Å². The van der Waals surface area contributed by atoms with Crippen molar-refractivity contribution in [2.45, 2.75) is 25.3 Å². The lowest BCUT2D eigenvalue weighted by atomic mass is 10.0. The number of aromatic amines is 1. The Labute approximate surface area is 119 Å². The maximum Gasteiger partial charge on any atom is 0.119 e. The van der Waals surface area contributed by atoms with E-state index < -0.39 is 0 Å². The van der Waals surface area contributed by atoms with Gasteiger partial charge in [0.25, 0.3) is 0 Å². The molecule has 0 radical (unpaired) electrons. The third-order valence-corrected chi connectivity index (χ3v) is 4.33. The molecule has 20 heavy (non-hydrogen) atoms. The first-order chi connectivity index (χ1) is 9.83. The lowest BCUT2D eigenvalue weighted by Gasteiger charge is -2.33. The monoisotopic (exact) mass is 273 g/mol. The van der Waals surface area contributed by atoms with Gasteiger partial charge >= 0.3 is 0 Å². The molecule has 1 unspecified atom stereocenters. The Kier molecular flexibility index (Phi) is 3.94. The Hall–Kier alpha value is -1.52. The highest BCUT2D eigenvalue weighted by Gasteiger charge is 2.23. The fourth-order valence-electron chi connectivity index (χ4n) is 3.23. The summed E-state index contributed by atoms with van der Waals surface area (Å²) in [6.07, 6.45) is 6.01. The van der Waals surface area contributed by atoms with Gasteiger partial charge in [-0.15, -0.1) is 0 Å². The minimum absolute atomic E-state index is 0.302. The second-order valence-corrected chi connectivity index (χ2v) is 5.50. The molecule has 2 aromatic rings. The summed E-state index contributed by atoms with van der Waals surface area (Å²) in [5.74, 6) is 0.896. The molecule has 1 saturated heterocycles. The van der Waals surface area contributed by atoms with Crippen molar-refractivity contribution in [3.63, 3.8) is 0 Å². The molecule has 1 aliphatic rings. The van der Waals surface area contributed by atoms with Crippen LogP contribution in [0.2, 0.25) is 0 Å². The van der Waals surface area contributed by atoms with Crippen molar-refractivity contribution < 1.29 is 4.74 Å². The Morgan fingerprint density at radius 1 is 1.30 bits per heavy atom. The normalized spacial score (nSPS) is 18.3. The highest BCUT2D eigenvalue weighted by molar-refractivity contribution is 5.85. The zero-order valence-electron chi connectivity index (χ0n) is 12.1. The van der Waals surface area contributed by atoms with Crippen LogP contribution in [0.1, 0.15) is 30.9 Å². The average Bonchev–Trinajstić information content (AvgIpc) is 2.92. The molecule has 3 rings (SSSR count). The van der Waals surface area contributed by atoms with Crippen LogP contribution in [0.25, 0.3) is 10.9 Å². The van der Waals surface area contributed by atoms with E-state index in [1.165, 1.54) is 30.2 Å². The molecule has 4 heteroatoms. The van der Waals surface area contributed by atoms with Crippen LogP contribution < -0.4 is 10.5 Å². The number of nitrogens with one attached hydrogen (secondary N) is 1. The number of hydrogen-bond donors (Lipinski definition) is 2. The lowest BCUT2D eigenvalue weighted by molar-refractivity contribution is 0.168. The highest BCUT2D eigenvalue weighted by Crippen LogP contribution is 2.31. The van der Waals surface area contributed by atoms with Gasteiger partial charge in [0.1, 0.15) is 5.75 Å². The van der Waals surface area contributed by atoms with Gasteiger partial charge < -0.3 is 15.5 Å². The Balaban J connectivity index is 1.97. The standard InChI is InChI=1S/C16H23N3O/c1-20-12-5-6-15-13(9-12)14(11-18-15)16(10-17)19-7-3-2-4-8-19/h5-6,9,11,16,18H,2-4,7-8,10,17H2,1H3. The molecule has 0 aliphatic carbocycles. The predicted molar refractivity (Wildman–Crippen MR) is 82.1 cm³/mol. The van der Waals surface area contributed by atoms with Gasteiger partial charge in [-0.05, 0) is 49.7 Å². The lowest BCUT2D eigenvalue weighted by Crippen LogP contribution is -2.37. The zero-order valence-corrected chi connectivity index (χ0v) is 12.1. The number of nitrogens with zero attached hydrogens (tertiary/aromatic N) is 1. The third-order valence-electron chi connectivity index (χ3n) is 4.33. The minimum Gasteiger partial charge on any atom is -0.497 e. The summed E-state index contributed by atoms with van der Waals surface area (Å²) in [6, 6.07) is 6.46. The Bertz CT molecular complexity index is 572. The summed E-state index contributed by atoms with van der Waals surface area (Å²) >= 11 is 0. The van der Waals surface area contributed by atoms with Crippen LogP contribution in [0.4, 0.5) is 0 Å². The quantitative estimate of drug-likeness (QED) is 0.900. The van der Waals surface area contributed by atoms with Gasteiger partial charge in [0.15, 0.2) is 0 Å². The van der Waals surface area contributed by atoms with Crippen molar-refractivity contribution in [2.24, 2.45) is 5.73 Å². The number of aromatic nitrogens is 1. The summed E-state index contributed by atoms with van der Waals surface area (Å²) < 4.78 is 5.35. The fraction of sp³-hybridized carbons (Fsp3) is 0.500. The maximum absolute atomic E-state index is 6.07. The number of fused-ring (bicyclic) bond motifs is 1. The summed E-state index contributed by atoms with van der Waals surface area (Å²) in [5.41, 5.74) is 8.51. The van der Waals surface area contributed by atoms with Gasteiger partial charge in [-0.25, -0.2) is 0 Å². The van der Waals surface area contributed by atoms with Crippen LogP contribution in [0, 0.1) is 0 Å². The molecular weight excluding hydrogens is 250 g/mol. The summed E-state index contributed by atoms with van der Waals surface area (Å²) in [6.45, 7) is 2.96. The van der Waals surface area contributed by atoms with E-state index in [0.717, 1.165) is 24.4 Å². The van der Waals surface area contributed by atoms with Crippen LogP contribution in [0.15, 0.2) is 24.4 Å². The summed E-state index contributed by atoms with van der Waals surface area (Å²) in [5, 5.41) is 1.23. The Morgan fingerprint density at radius 3 is 2.80 bits per heavy atom. The summed E-state index contributed by atoms with van der Waals surface area (Å²) in [4.78, 5) is 5.88. The molecule has 4 nitrogen and oxygen atoms in total. The van der Waals surface area contributed by atoms with E-state index in [1.54, 1.807) is 7.11 Å². The molecule has 1 atom stereocenters. The van der Waals surface area contributed by atoms with Crippen LogP contribution in [0.5, 0.6) is 5.75 Å². The van der Waals surface area contributed by atoms with Crippen molar-refractivity contribution in [1.82, 2.24) is 9.88 Å². The highest BCUT2D eigenvalue weighted by atomic mass is 16.5. The molecule has 1 fully saturated rings. The number of likely N-dealkylation sites (tertiary alicyclic amines) is 1. The van der Waals surface area contributed by atoms with E-state index in [9.17, 15) is 0 Å². The number of nitrogens with two attached hydrogens (primary N) is 1. The topological polar surface area (TPSA) is 54.3 Å². The second kappa shape index (κ2) is 5.85. The Morgan fingerprint density at radius 2 is 2.10 bits per heavy atom. The predicted octanol–water partition coefficient (Wildman–Crippen LogP) is 2.66. The van der Waals surface area contributed by atoms with Gasteiger partial charge in [-0.3, -0.25) is 4.90 Å². The number of H-pyrrole nitrogens is 1. The maximum atomic E-state index is 6.07. The van der Waals surface area contributed by atoms with Crippen molar-refractivity contribution in [2.75, 3.05) is 26.7 Å². The van der Waals surface area contributed by atoms with E-state index in [1.807, 2.05) is 6.07 Å². The molecule has 1 aromatic heterocycles. The molecule has 1 aromatic carbocycles. The molecular formula is C16H23N3O. The van der Waals surface area contributed by atoms with Crippen molar-refractivity contribution in [1.29, 1.82) is 0 Å². The summed E-state index contributed by atoms with van der Waals surface area (Å²) in [7, 11) is 1.71.